The first-order valence-corrected chi connectivity index (χ1v) is 16.0. The van der Waals surface area contributed by atoms with Gasteiger partial charge in [-0.2, -0.15) is 5.10 Å². The van der Waals surface area contributed by atoms with Crippen LogP contribution in [0.5, 0.6) is 0 Å². The van der Waals surface area contributed by atoms with Crippen LogP contribution in [0.25, 0.3) is 10.9 Å². The number of aryl methyl sites for hydroxylation is 2. The predicted octanol–water partition coefficient (Wildman–Crippen LogP) is 4.99. The number of carbonyl (C=O) groups is 2. The molecule has 14 heteroatoms. The maximum Gasteiger partial charge on any atom is 0.494 e. The van der Waals surface area contributed by atoms with Crippen molar-refractivity contribution in [2.45, 2.75) is 84.7 Å². The minimum atomic E-state index is -0.573. The summed E-state index contributed by atoms with van der Waals surface area (Å²) >= 11 is 2.87. The highest BCUT2D eigenvalue weighted by atomic mass is 32.1. The van der Waals surface area contributed by atoms with Crippen LogP contribution in [0.15, 0.2) is 29.1 Å². The number of aromatic nitrogens is 4. The first kappa shape index (κ1) is 31.3. The molecule has 0 radical (unpaired) electrons. The number of primary amides is 1. The molecule has 3 N–H and O–H groups in total. The largest absolute Gasteiger partial charge is 0.494 e. The molecular weight excluding hydrogens is 587 g/mol. The van der Waals surface area contributed by atoms with Crippen LogP contribution in [0.1, 0.15) is 90.6 Å². The van der Waals surface area contributed by atoms with E-state index in [1.807, 2.05) is 36.9 Å². The third-order valence-electron chi connectivity index (χ3n) is 7.06. The van der Waals surface area contributed by atoms with Gasteiger partial charge in [-0.25, -0.2) is 14.6 Å². The van der Waals surface area contributed by atoms with Crippen LogP contribution in [0.2, 0.25) is 0 Å². The molecule has 1 unspecified atom stereocenters. The van der Waals surface area contributed by atoms with E-state index >= 15 is 0 Å². The van der Waals surface area contributed by atoms with Gasteiger partial charge in [0.15, 0.2) is 0 Å². The molecule has 0 saturated carbocycles. The molecule has 3 aromatic heterocycles. The van der Waals surface area contributed by atoms with Gasteiger partial charge in [-0.1, -0.05) is 0 Å². The summed E-state index contributed by atoms with van der Waals surface area (Å²) in [4.78, 5) is 31.6. The number of nitrogens with zero attached hydrogens (tertiary/aromatic N) is 4. The molecule has 1 aromatic carbocycles. The zero-order valence-electron chi connectivity index (χ0n) is 25.3. The summed E-state index contributed by atoms with van der Waals surface area (Å²) in [7, 11) is -0.573. The highest BCUT2D eigenvalue weighted by molar-refractivity contribution is 7.10. The van der Waals surface area contributed by atoms with Gasteiger partial charge in [0.1, 0.15) is 17.6 Å². The number of hydrogen-bond donors (Lipinski definition) is 2. The van der Waals surface area contributed by atoms with Gasteiger partial charge < -0.3 is 25.1 Å². The van der Waals surface area contributed by atoms with Crippen LogP contribution in [-0.2, 0) is 14.0 Å². The zero-order valence-corrected chi connectivity index (χ0v) is 26.9. The Morgan fingerprint density at radius 2 is 1.67 bits per heavy atom. The minimum Gasteiger partial charge on any atom is -0.402 e. The summed E-state index contributed by atoms with van der Waals surface area (Å²) in [5.74, 6) is -0.713. The molecule has 43 heavy (non-hydrogen) atoms. The molecule has 2 amide bonds. The van der Waals surface area contributed by atoms with E-state index in [9.17, 15) is 9.59 Å². The number of carbonyl (C=O) groups excluding carboxylic acids is 2. The van der Waals surface area contributed by atoms with E-state index < -0.39 is 13.0 Å². The van der Waals surface area contributed by atoms with Crippen molar-refractivity contribution in [3.8, 4) is 0 Å². The average molecular weight is 625 g/mol. The number of ether oxygens (including phenoxy) is 1. The predicted molar refractivity (Wildman–Crippen MR) is 169 cm³/mol. The average Bonchev–Trinajstić information content (AvgIpc) is 3.67. The third kappa shape index (κ3) is 7.68. The van der Waals surface area contributed by atoms with Crippen molar-refractivity contribution in [3.63, 3.8) is 0 Å². The van der Waals surface area contributed by atoms with Gasteiger partial charge in [-0.3, -0.25) is 9.59 Å². The minimum absolute atomic E-state index is 0.102. The Labute approximate surface area is 259 Å². The van der Waals surface area contributed by atoms with Crippen molar-refractivity contribution in [1.29, 1.82) is 0 Å². The van der Waals surface area contributed by atoms with Crippen molar-refractivity contribution in [2.24, 2.45) is 5.73 Å². The lowest BCUT2D eigenvalue weighted by molar-refractivity contribution is -0.0716. The molecule has 5 heterocycles. The smallest absolute Gasteiger partial charge is 0.402 e. The number of thiazole rings is 2. The van der Waals surface area contributed by atoms with E-state index in [1.165, 1.54) is 22.7 Å². The van der Waals surface area contributed by atoms with Gasteiger partial charge in [-0.15, -0.1) is 22.7 Å². The lowest BCUT2D eigenvalue weighted by Gasteiger charge is -2.44. The lowest BCUT2D eigenvalue weighted by atomic mass is 9.72. The molecule has 2 fully saturated rings. The van der Waals surface area contributed by atoms with Crippen LogP contribution in [-0.4, -0.2) is 56.5 Å². The Hall–Kier alpha value is -3.17. The highest BCUT2D eigenvalue weighted by Crippen LogP contribution is 2.34. The Balaban J connectivity index is 0.000000351. The highest BCUT2D eigenvalue weighted by Gasteiger charge is 2.44. The number of nitrogens with two attached hydrogens (primary N) is 1. The van der Waals surface area contributed by atoms with Crippen LogP contribution in [0, 0.1) is 13.8 Å². The molecule has 2 aliphatic heterocycles. The van der Waals surface area contributed by atoms with Crippen molar-refractivity contribution < 1.29 is 23.6 Å². The SMILES string of the molecule is Cc1nc(C(=O)Nc2cc(B3OC(C)(C)CC(C)(C)O3)cc3nn(C4CCCCO4)cc23)cs1.Cc1nc(C(N)=O)cs1. The van der Waals surface area contributed by atoms with E-state index in [-0.39, 0.29) is 23.3 Å². The number of anilines is 1. The van der Waals surface area contributed by atoms with Gasteiger partial charge in [-0.05, 0) is 78.4 Å². The molecule has 0 bridgehead atoms. The molecule has 0 aliphatic carbocycles. The van der Waals surface area contributed by atoms with E-state index in [0.717, 1.165) is 58.7 Å². The Morgan fingerprint density at radius 1 is 1.02 bits per heavy atom. The van der Waals surface area contributed by atoms with Crippen molar-refractivity contribution in [1.82, 2.24) is 19.7 Å². The number of nitrogens with one attached hydrogen (secondary N) is 1. The molecule has 11 nitrogen and oxygen atoms in total. The topological polar surface area (TPSA) is 143 Å². The van der Waals surface area contributed by atoms with Crippen LogP contribution < -0.4 is 16.5 Å². The van der Waals surface area contributed by atoms with Crippen molar-refractivity contribution >= 4 is 63.7 Å². The monoisotopic (exact) mass is 624 g/mol. The fourth-order valence-corrected chi connectivity index (χ4v) is 6.66. The second-order valence-corrected chi connectivity index (χ2v) is 14.1. The fourth-order valence-electron chi connectivity index (χ4n) is 5.46. The van der Waals surface area contributed by atoms with Crippen LogP contribution in [0.3, 0.4) is 0 Å². The molecule has 6 rings (SSSR count). The van der Waals surface area contributed by atoms with Gasteiger partial charge in [0.2, 0.25) is 0 Å². The summed E-state index contributed by atoms with van der Waals surface area (Å²) in [5.41, 5.74) is 7.21. The molecule has 0 spiro atoms. The van der Waals surface area contributed by atoms with E-state index in [4.69, 9.17) is 24.9 Å². The molecule has 2 aliphatic rings. The molecule has 4 aromatic rings. The van der Waals surface area contributed by atoms with Crippen molar-refractivity contribution in [2.75, 3.05) is 11.9 Å². The maximum absolute atomic E-state index is 13.0. The standard InChI is InChI=1S/C24H31BN4O4S.C5H6N2OS/c1-15-26-20(13-34-15)22(30)27-18-10-16(25-32-23(2,3)14-24(4,5)33-25)11-19-17(18)12-29(28-19)21-8-6-7-9-31-21;1-3-7-4(2-9-3)5(6)8/h10-13,21H,6-9,14H2,1-5H3,(H,27,30);2H,1H3,(H2,6,8). The number of hydrogen-bond acceptors (Lipinski definition) is 10. The Kier molecular flexibility index (Phi) is 9.05. The quantitative estimate of drug-likeness (QED) is 0.296. The first-order chi connectivity index (χ1) is 20.3. The van der Waals surface area contributed by atoms with Gasteiger partial charge in [0, 0.05) is 35.4 Å². The summed E-state index contributed by atoms with van der Waals surface area (Å²) in [5, 5.41) is 13.8. The van der Waals surface area contributed by atoms with Crippen LogP contribution in [0.4, 0.5) is 5.69 Å². The van der Waals surface area contributed by atoms with E-state index in [0.29, 0.717) is 17.1 Å². The summed E-state index contributed by atoms with van der Waals surface area (Å²) in [6.07, 6.45) is 5.71. The summed E-state index contributed by atoms with van der Waals surface area (Å²) in [6.45, 7) is 12.7. The van der Waals surface area contributed by atoms with E-state index in [1.54, 1.807) is 10.8 Å². The number of amides is 2. The summed E-state index contributed by atoms with van der Waals surface area (Å²) in [6, 6.07) is 3.91. The molecule has 228 valence electrons. The molecule has 1 atom stereocenters. The Bertz CT molecular complexity index is 1610. The number of fused-ring (bicyclic) bond motifs is 1. The second kappa shape index (κ2) is 12.4. The fraction of sp³-hybridized carbons (Fsp3) is 0.483. The summed E-state index contributed by atoms with van der Waals surface area (Å²) < 4.78 is 20.4. The van der Waals surface area contributed by atoms with Gasteiger partial charge in [0.25, 0.3) is 11.8 Å². The zero-order chi connectivity index (χ0) is 30.9. The molecule has 2 saturated heterocycles. The van der Waals surface area contributed by atoms with Gasteiger partial charge >= 0.3 is 7.12 Å². The van der Waals surface area contributed by atoms with Crippen molar-refractivity contribution in [3.05, 3.63) is 50.5 Å². The van der Waals surface area contributed by atoms with Crippen LogP contribution >= 0.6 is 22.7 Å². The number of rotatable bonds is 5. The molecular formula is C29H37BN6O5S2. The number of benzene rings is 1. The lowest BCUT2D eigenvalue weighted by Crippen LogP contribution is -2.56. The van der Waals surface area contributed by atoms with E-state index in [2.05, 4.69) is 43.0 Å². The normalized spacial score (nSPS) is 19.5. The third-order valence-corrected chi connectivity index (χ3v) is 8.61. The van der Waals surface area contributed by atoms with Gasteiger partial charge in [0.05, 0.1) is 32.4 Å². The maximum atomic E-state index is 13.0. The first-order valence-electron chi connectivity index (χ1n) is 14.2. The Morgan fingerprint density at radius 3 is 2.21 bits per heavy atom. The second-order valence-electron chi connectivity index (χ2n) is 12.0.